The zero-order valence-electron chi connectivity index (χ0n) is 14.9. The molecule has 1 aromatic rings. The molecule has 2 aliphatic rings. The van der Waals surface area contributed by atoms with Crippen LogP contribution in [-0.4, -0.2) is 55.4 Å². The Kier molecular flexibility index (Phi) is 5.55. The topological polar surface area (TPSA) is 118 Å². The Morgan fingerprint density at radius 1 is 1.42 bits per heavy atom. The number of aromatic nitrogens is 1. The number of hydrogen-bond donors (Lipinski definition) is 2. The molecule has 2 atom stereocenters. The van der Waals surface area contributed by atoms with Crippen LogP contribution in [-0.2, 0) is 9.84 Å². The smallest absolute Gasteiger partial charge is 0.233 e. The lowest BCUT2D eigenvalue weighted by Crippen LogP contribution is -2.43. The third kappa shape index (κ3) is 4.57. The summed E-state index contributed by atoms with van der Waals surface area (Å²) < 4.78 is 28.5. The van der Waals surface area contributed by atoms with E-state index in [1.165, 1.54) is 18.7 Å². The van der Waals surface area contributed by atoms with E-state index >= 15 is 0 Å². The number of nitrogens with zero attached hydrogens (tertiary/aromatic N) is 3. The van der Waals surface area contributed by atoms with E-state index in [2.05, 4.69) is 10.1 Å². The third-order valence-electron chi connectivity index (χ3n) is 5.42. The molecule has 3 N–H and O–H groups in total. The van der Waals surface area contributed by atoms with E-state index in [9.17, 15) is 8.42 Å². The second-order valence-corrected chi connectivity index (χ2v) is 9.20. The Bertz CT molecular complexity index is 743. The van der Waals surface area contributed by atoms with E-state index in [-0.39, 0.29) is 10.9 Å². The number of guanidine groups is 1. The highest BCUT2D eigenvalue weighted by Gasteiger charge is 2.43. The minimum absolute atomic E-state index is 0.199. The van der Waals surface area contributed by atoms with Gasteiger partial charge in [0.2, 0.25) is 11.8 Å². The fourth-order valence-corrected chi connectivity index (χ4v) is 4.35. The Morgan fingerprint density at radius 3 is 2.73 bits per heavy atom. The van der Waals surface area contributed by atoms with Crippen molar-refractivity contribution in [1.29, 1.82) is 0 Å². The summed E-state index contributed by atoms with van der Waals surface area (Å²) in [5.74, 6) is 2.80. The van der Waals surface area contributed by atoms with E-state index < -0.39 is 9.84 Å². The Hall–Kier alpha value is -2.03. The highest BCUT2D eigenvalue weighted by molar-refractivity contribution is 7.90. The fourth-order valence-electron chi connectivity index (χ4n) is 3.79. The standard InChI is InChI=1S/C17H26N4O4S/c1-26(23,24)14-2-3-16(19-11-14)25-9-6-13-10-15(13)12-4-7-21(8-5-12)17(18)20-22/h2-3,11-13,15,22H,4-10H2,1H3,(H2,18,20). The van der Waals surface area contributed by atoms with Crippen LogP contribution in [0.2, 0.25) is 0 Å². The highest BCUT2D eigenvalue weighted by Crippen LogP contribution is 2.49. The molecule has 0 spiro atoms. The molecule has 0 bridgehead atoms. The molecule has 1 saturated heterocycles. The molecule has 1 saturated carbocycles. The first-order chi connectivity index (χ1) is 12.4. The molecular formula is C17H26N4O4S. The molecule has 0 aromatic carbocycles. The van der Waals surface area contributed by atoms with E-state index in [1.54, 1.807) is 6.07 Å². The summed E-state index contributed by atoms with van der Waals surface area (Å²) in [4.78, 5) is 6.17. The van der Waals surface area contributed by atoms with Crippen LogP contribution in [0, 0.1) is 17.8 Å². The van der Waals surface area contributed by atoms with Gasteiger partial charge in [0, 0.05) is 31.6 Å². The minimum atomic E-state index is -3.22. The quantitative estimate of drug-likeness (QED) is 0.329. The van der Waals surface area contributed by atoms with Crippen molar-refractivity contribution in [1.82, 2.24) is 9.88 Å². The monoisotopic (exact) mass is 382 g/mol. The average molecular weight is 382 g/mol. The van der Waals surface area contributed by atoms with Crippen molar-refractivity contribution >= 4 is 15.8 Å². The third-order valence-corrected chi connectivity index (χ3v) is 6.52. The molecule has 2 fully saturated rings. The van der Waals surface area contributed by atoms with Gasteiger partial charge in [-0.05, 0) is 49.5 Å². The number of oxime groups is 1. The van der Waals surface area contributed by atoms with Crippen molar-refractivity contribution in [3.05, 3.63) is 18.3 Å². The summed E-state index contributed by atoms with van der Waals surface area (Å²) in [6.45, 7) is 2.28. The fraction of sp³-hybridized carbons (Fsp3) is 0.647. The van der Waals surface area contributed by atoms with E-state index in [0.29, 0.717) is 24.3 Å². The number of ether oxygens (including phenoxy) is 1. The second kappa shape index (κ2) is 7.69. The van der Waals surface area contributed by atoms with Gasteiger partial charge < -0.3 is 20.6 Å². The van der Waals surface area contributed by atoms with E-state index in [1.807, 2.05) is 4.90 Å². The van der Waals surface area contributed by atoms with Crippen LogP contribution in [0.1, 0.15) is 25.7 Å². The summed E-state index contributed by atoms with van der Waals surface area (Å²) in [6, 6.07) is 3.12. The van der Waals surface area contributed by atoms with Crippen molar-refractivity contribution < 1.29 is 18.4 Å². The molecule has 144 valence electrons. The van der Waals surface area contributed by atoms with Crippen molar-refractivity contribution in [3.8, 4) is 5.88 Å². The van der Waals surface area contributed by atoms with Gasteiger partial charge in [0.05, 0.1) is 11.5 Å². The number of piperidine rings is 1. The molecule has 1 aliphatic carbocycles. The normalized spacial score (nSPS) is 24.5. The number of hydrogen-bond acceptors (Lipinski definition) is 6. The largest absolute Gasteiger partial charge is 0.478 e. The molecule has 8 nitrogen and oxygen atoms in total. The number of pyridine rings is 1. The van der Waals surface area contributed by atoms with Crippen LogP contribution in [0.25, 0.3) is 0 Å². The van der Waals surface area contributed by atoms with Crippen LogP contribution < -0.4 is 10.5 Å². The molecule has 1 aromatic heterocycles. The van der Waals surface area contributed by atoms with Gasteiger partial charge in [-0.2, -0.15) is 0 Å². The first kappa shape index (κ1) is 18.8. The minimum Gasteiger partial charge on any atom is -0.478 e. The van der Waals surface area contributed by atoms with Gasteiger partial charge in [0.15, 0.2) is 9.84 Å². The lowest BCUT2D eigenvalue weighted by Gasteiger charge is -2.32. The van der Waals surface area contributed by atoms with Crippen molar-refractivity contribution in [2.75, 3.05) is 26.0 Å². The molecule has 0 amide bonds. The van der Waals surface area contributed by atoms with Gasteiger partial charge in [-0.3, -0.25) is 0 Å². The first-order valence-electron chi connectivity index (χ1n) is 8.90. The van der Waals surface area contributed by atoms with Gasteiger partial charge in [0.1, 0.15) is 0 Å². The summed E-state index contributed by atoms with van der Waals surface area (Å²) in [5, 5.41) is 11.8. The zero-order valence-corrected chi connectivity index (χ0v) is 15.7. The maximum atomic E-state index is 11.4. The Morgan fingerprint density at radius 2 is 2.15 bits per heavy atom. The lowest BCUT2D eigenvalue weighted by atomic mass is 9.90. The molecule has 3 rings (SSSR count). The number of sulfone groups is 1. The molecule has 0 radical (unpaired) electrons. The van der Waals surface area contributed by atoms with Crippen molar-refractivity contribution in [2.24, 2.45) is 28.6 Å². The summed E-state index contributed by atoms with van der Waals surface area (Å²) in [7, 11) is -3.22. The predicted octanol–water partition coefficient (Wildman–Crippen LogP) is 1.31. The Balaban J connectivity index is 1.37. The molecular weight excluding hydrogens is 356 g/mol. The maximum absolute atomic E-state index is 11.4. The number of nitrogens with two attached hydrogens (primary N) is 1. The first-order valence-corrected chi connectivity index (χ1v) is 10.8. The van der Waals surface area contributed by atoms with E-state index in [0.717, 1.165) is 44.5 Å². The molecule has 2 unspecified atom stereocenters. The summed E-state index contributed by atoms with van der Waals surface area (Å²) in [6.07, 6.45) is 6.87. The van der Waals surface area contributed by atoms with Crippen molar-refractivity contribution in [2.45, 2.75) is 30.6 Å². The van der Waals surface area contributed by atoms with Gasteiger partial charge >= 0.3 is 0 Å². The lowest BCUT2D eigenvalue weighted by molar-refractivity contribution is 0.219. The van der Waals surface area contributed by atoms with Crippen LogP contribution in [0.5, 0.6) is 5.88 Å². The van der Waals surface area contributed by atoms with Crippen LogP contribution in [0.15, 0.2) is 28.4 Å². The predicted molar refractivity (Wildman–Crippen MR) is 96.8 cm³/mol. The average Bonchev–Trinajstić information content (AvgIpc) is 3.40. The van der Waals surface area contributed by atoms with Gasteiger partial charge in [-0.25, -0.2) is 13.4 Å². The van der Waals surface area contributed by atoms with Gasteiger partial charge in [-0.15, -0.1) is 0 Å². The number of likely N-dealkylation sites (tertiary alicyclic amines) is 1. The second-order valence-electron chi connectivity index (χ2n) is 7.18. The molecule has 2 heterocycles. The van der Waals surface area contributed by atoms with Crippen LogP contribution >= 0.6 is 0 Å². The summed E-state index contributed by atoms with van der Waals surface area (Å²) in [5.41, 5.74) is 5.64. The zero-order chi connectivity index (χ0) is 18.7. The van der Waals surface area contributed by atoms with Crippen molar-refractivity contribution in [3.63, 3.8) is 0 Å². The maximum Gasteiger partial charge on any atom is 0.233 e. The highest BCUT2D eigenvalue weighted by atomic mass is 32.2. The van der Waals surface area contributed by atoms with Crippen LogP contribution in [0.3, 0.4) is 0 Å². The van der Waals surface area contributed by atoms with Crippen LogP contribution in [0.4, 0.5) is 0 Å². The summed E-state index contributed by atoms with van der Waals surface area (Å²) >= 11 is 0. The SMILES string of the molecule is CS(=O)(=O)c1ccc(OCCC2CC2C2CCN(C(N)=NO)CC2)nc1. The Labute approximate surface area is 154 Å². The molecule has 26 heavy (non-hydrogen) atoms. The molecule has 1 aliphatic heterocycles. The van der Waals surface area contributed by atoms with Gasteiger partial charge in [-0.1, -0.05) is 5.16 Å². The molecule has 9 heteroatoms. The number of rotatable bonds is 6. The van der Waals surface area contributed by atoms with Gasteiger partial charge in [0.25, 0.3) is 0 Å². The van der Waals surface area contributed by atoms with E-state index in [4.69, 9.17) is 15.7 Å².